The SMILES string of the molecule is CC1CCOC1C(=O)NC1CCc2cc(N)ccc21. The van der Waals surface area contributed by atoms with Crippen molar-refractivity contribution in [1.82, 2.24) is 5.32 Å². The largest absolute Gasteiger partial charge is 0.399 e. The van der Waals surface area contributed by atoms with E-state index in [4.69, 9.17) is 10.5 Å². The second-order valence-electron chi connectivity index (χ2n) is 5.62. The monoisotopic (exact) mass is 260 g/mol. The fourth-order valence-corrected chi connectivity index (χ4v) is 3.07. The average molecular weight is 260 g/mol. The van der Waals surface area contributed by atoms with Crippen LogP contribution in [0, 0.1) is 5.92 Å². The summed E-state index contributed by atoms with van der Waals surface area (Å²) in [7, 11) is 0. The number of nitrogens with two attached hydrogens (primary N) is 1. The lowest BCUT2D eigenvalue weighted by Crippen LogP contribution is -2.38. The number of carbonyl (C=O) groups is 1. The Morgan fingerprint density at radius 1 is 1.42 bits per heavy atom. The van der Waals surface area contributed by atoms with E-state index in [-0.39, 0.29) is 18.1 Å². The number of carbonyl (C=O) groups excluding carboxylic acids is 1. The number of hydrogen-bond acceptors (Lipinski definition) is 3. The van der Waals surface area contributed by atoms with Gasteiger partial charge in [0.05, 0.1) is 6.04 Å². The van der Waals surface area contributed by atoms with Crippen LogP contribution in [0.25, 0.3) is 0 Å². The molecule has 1 aliphatic heterocycles. The molecule has 3 unspecified atom stereocenters. The van der Waals surface area contributed by atoms with Crippen LogP contribution in [-0.4, -0.2) is 18.6 Å². The van der Waals surface area contributed by atoms with Crippen LogP contribution in [0.15, 0.2) is 18.2 Å². The molecule has 0 bridgehead atoms. The number of anilines is 1. The van der Waals surface area contributed by atoms with Gasteiger partial charge in [0, 0.05) is 12.3 Å². The highest BCUT2D eigenvalue weighted by Gasteiger charge is 2.33. The molecule has 0 spiro atoms. The molecule has 1 fully saturated rings. The first-order chi connectivity index (χ1) is 9.15. The van der Waals surface area contributed by atoms with Crippen molar-refractivity contribution in [3.05, 3.63) is 29.3 Å². The molecule has 1 amide bonds. The van der Waals surface area contributed by atoms with Crippen LogP contribution in [0.3, 0.4) is 0 Å². The van der Waals surface area contributed by atoms with E-state index in [1.54, 1.807) is 0 Å². The standard InChI is InChI=1S/C15H20N2O2/c1-9-6-7-19-14(9)15(18)17-13-5-2-10-8-11(16)3-4-12(10)13/h3-4,8-9,13-14H,2,5-7,16H2,1H3,(H,17,18). The summed E-state index contributed by atoms with van der Waals surface area (Å²) in [6.07, 6.45) is 2.62. The highest BCUT2D eigenvalue weighted by molar-refractivity contribution is 5.82. The number of fused-ring (bicyclic) bond motifs is 1. The highest BCUT2D eigenvalue weighted by atomic mass is 16.5. The Bertz CT molecular complexity index is 501. The molecular formula is C15H20N2O2. The van der Waals surface area contributed by atoms with E-state index in [0.717, 1.165) is 24.9 Å². The molecule has 4 nitrogen and oxygen atoms in total. The van der Waals surface area contributed by atoms with Gasteiger partial charge in [0.15, 0.2) is 0 Å². The van der Waals surface area contributed by atoms with Crippen LogP contribution in [0.1, 0.15) is 36.9 Å². The van der Waals surface area contributed by atoms with E-state index in [9.17, 15) is 4.79 Å². The van der Waals surface area contributed by atoms with Gasteiger partial charge >= 0.3 is 0 Å². The van der Waals surface area contributed by atoms with Gasteiger partial charge in [0.2, 0.25) is 5.91 Å². The molecule has 19 heavy (non-hydrogen) atoms. The van der Waals surface area contributed by atoms with Gasteiger partial charge < -0.3 is 15.8 Å². The number of amides is 1. The van der Waals surface area contributed by atoms with Gasteiger partial charge in [-0.3, -0.25) is 4.79 Å². The van der Waals surface area contributed by atoms with Gasteiger partial charge in [0.1, 0.15) is 6.10 Å². The van der Waals surface area contributed by atoms with Crippen molar-refractivity contribution < 1.29 is 9.53 Å². The van der Waals surface area contributed by atoms with Gasteiger partial charge in [-0.25, -0.2) is 0 Å². The fraction of sp³-hybridized carbons (Fsp3) is 0.533. The zero-order valence-corrected chi connectivity index (χ0v) is 11.2. The molecule has 1 aromatic rings. The van der Waals surface area contributed by atoms with Gasteiger partial charge in [-0.05, 0) is 48.4 Å². The minimum Gasteiger partial charge on any atom is -0.399 e. The Kier molecular flexibility index (Phi) is 3.19. The number of hydrogen-bond donors (Lipinski definition) is 2. The molecule has 3 atom stereocenters. The topological polar surface area (TPSA) is 64.3 Å². The summed E-state index contributed by atoms with van der Waals surface area (Å²) in [5.41, 5.74) is 9.04. The third-order valence-corrected chi connectivity index (χ3v) is 4.21. The van der Waals surface area contributed by atoms with Crippen LogP contribution >= 0.6 is 0 Å². The number of aryl methyl sites for hydroxylation is 1. The smallest absolute Gasteiger partial charge is 0.249 e. The van der Waals surface area contributed by atoms with Crippen LogP contribution in [0.2, 0.25) is 0 Å². The lowest BCUT2D eigenvalue weighted by molar-refractivity contribution is -0.132. The summed E-state index contributed by atoms with van der Waals surface area (Å²) in [6, 6.07) is 6.05. The summed E-state index contributed by atoms with van der Waals surface area (Å²) in [5.74, 6) is 0.340. The van der Waals surface area contributed by atoms with E-state index in [1.807, 2.05) is 18.2 Å². The maximum atomic E-state index is 12.2. The molecule has 1 aromatic carbocycles. The Labute approximate surface area is 113 Å². The van der Waals surface area contributed by atoms with Crippen LogP contribution < -0.4 is 11.1 Å². The Morgan fingerprint density at radius 3 is 3.00 bits per heavy atom. The number of benzene rings is 1. The zero-order chi connectivity index (χ0) is 13.4. The third-order valence-electron chi connectivity index (χ3n) is 4.21. The van der Waals surface area contributed by atoms with Crippen molar-refractivity contribution in [2.45, 2.75) is 38.3 Å². The van der Waals surface area contributed by atoms with Crippen LogP contribution in [-0.2, 0) is 16.0 Å². The third kappa shape index (κ3) is 2.32. The van der Waals surface area contributed by atoms with Crippen molar-refractivity contribution in [1.29, 1.82) is 0 Å². The van der Waals surface area contributed by atoms with Crippen LogP contribution in [0.5, 0.6) is 0 Å². The maximum Gasteiger partial charge on any atom is 0.249 e. The Balaban J connectivity index is 1.71. The molecule has 0 saturated carbocycles. The molecule has 2 aliphatic rings. The normalized spacial score (nSPS) is 29.2. The van der Waals surface area contributed by atoms with Crippen molar-refractivity contribution >= 4 is 11.6 Å². The number of nitrogens with one attached hydrogen (secondary N) is 1. The molecule has 1 saturated heterocycles. The molecule has 102 valence electrons. The zero-order valence-electron chi connectivity index (χ0n) is 11.2. The van der Waals surface area contributed by atoms with E-state index >= 15 is 0 Å². The number of nitrogen functional groups attached to an aromatic ring is 1. The molecule has 3 N–H and O–H groups in total. The first-order valence-electron chi connectivity index (χ1n) is 6.95. The summed E-state index contributed by atoms with van der Waals surface area (Å²) in [5, 5.41) is 3.12. The summed E-state index contributed by atoms with van der Waals surface area (Å²) in [4.78, 5) is 12.2. The van der Waals surface area contributed by atoms with E-state index in [2.05, 4.69) is 12.2 Å². The lowest BCUT2D eigenvalue weighted by atomic mass is 10.0. The number of rotatable bonds is 2. The maximum absolute atomic E-state index is 12.2. The minimum absolute atomic E-state index is 0.0275. The van der Waals surface area contributed by atoms with Crippen molar-refractivity contribution in [3.63, 3.8) is 0 Å². The first kappa shape index (κ1) is 12.5. The molecule has 1 heterocycles. The molecule has 0 aromatic heterocycles. The van der Waals surface area contributed by atoms with E-state index < -0.39 is 0 Å². The second-order valence-corrected chi connectivity index (χ2v) is 5.62. The molecule has 4 heteroatoms. The predicted octanol–water partition coefficient (Wildman–Crippen LogP) is 1.80. The first-order valence-corrected chi connectivity index (χ1v) is 6.95. The van der Waals surface area contributed by atoms with Crippen molar-refractivity contribution in [3.8, 4) is 0 Å². The molecular weight excluding hydrogens is 240 g/mol. The summed E-state index contributed by atoms with van der Waals surface area (Å²) in [6.45, 7) is 2.76. The van der Waals surface area contributed by atoms with E-state index in [0.29, 0.717) is 12.5 Å². The Morgan fingerprint density at radius 2 is 2.26 bits per heavy atom. The van der Waals surface area contributed by atoms with Crippen molar-refractivity contribution in [2.75, 3.05) is 12.3 Å². The van der Waals surface area contributed by atoms with Gasteiger partial charge in [-0.2, -0.15) is 0 Å². The average Bonchev–Trinajstić information content (AvgIpc) is 2.96. The van der Waals surface area contributed by atoms with Crippen molar-refractivity contribution in [2.24, 2.45) is 5.92 Å². The van der Waals surface area contributed by atoms with Gasteiger partial charge in [-0.1, -0.05) is 13.0 Å². The lowest BCUT2D eigenvalue weighted by Gasteiger charge is -2.19. The van der Waals surface area contributed by atoms with Gasteiger partial charge in [0.25, 0.3) is 0 Å². The molecule has 1 aliphatic carbocycles. The quantitative estimate of drug-likeness (QED) is 0.797. The number of ether oxygens (including phenoxy) is 1. The fourth-order valence-electron chi connectivity index (χ4n) is 3.07. The molecule has 3 rings (SSSR count). The van der Waals surface area contributed by atoms with Crippen LogP contribution in [0.4, 0.5) is 5.69 Å². The summed E-state index contributed by atoms with van der Waals surface area (Å²) < 4.78 is 5.51. The van der Waals surface area contributed by atoms with Gasteiger partial charge in [-0.15, -0.1) is 0 Å². The second kappa shape index (κ2) is 4.85. The highest BCUT2D eigenvalue weighted by Crippen LogP contribution is 2.33. The minimum atomic E-state index is -0.280. The van der Waals surface area contributed by atoms with E-state index in [1.165, 1.54) is 11.1 Å². The Hall–Kier alpha value is -1.55. The summed E-state index contributed by atoms with van der Waals surface area (Å²) >= 11 is 0. The molecule has 0 radical (unpaired) electrons. The predicted molar refractivity (Wildman–Crippen MR) is 73.6 cm³/mol.